The van der Waals surface area contributed by atoms with E-state index in [9.17, 15) is 4.79 Å². The van der Waals surface area contributed by atoms with Crippen molar-refractivity contribution in [3.05, 3.63) is 18.0 Å². The van der Waals surface area contributed by atoms with Gasteiger partial charge < -0.3 is 10.4 Å². The number of carbonyl (C=O) groups is 1. The largest absolute Gasteiger partial charge is 0.396 e. The van der Waals surface area contributed by atoms with Gasteiger partial charge in [-0.1, -0.05) is 13.8 Å². The Morgan fingerprint density at radius 3 is 2.80 bits per heavy atom. The van der Waals surface area contributed by atoms with Crippen molar-refractivity contribution < 1.29 is 9.90 Å². The van der Waals surface area contributed by atoms with Crippen LogP contribution in [0.1, 0.15) is 24.3 Å². The van der Waals surface area contributed by atoms with Crippen molar-refractivity contribution in [2.45, 2.75) is 13.8 Å². The second-order valence-corrected chi connectivity index (χ2v) is 4.35. The summed E-state index contributed by atoms with van der Waals surface area (Å²) in [5, 5.41) is 15.7. The van der Waals surface area contributed by atoms with E-state index in [1.165, 1.54) is 4.68 Å². The van der Waals surface area contributed by atoms with Crippen LogP contribution in [0.5, 0.6) is 0 Å². The number of nitrogens with zero attached hydrogens (tertiary/aromatic N) is 2. The molecule has 0 aliphatic rings. The van der Waals surface area contributed by atoms with Gasteiger partial charge in [0, 0.05) is 31.8 Å². The van der Waals surface area contributed by atoms with Crippen molar-refractivity contribution in [3.63, 3.8) is 0 Å². The standard InChI is InChI=1S/C10H17N3O2/c1-10(2,7-14)6-11-9(15)8-4-5-12-13(8)3/h4-5,14H,6-7H2,1-3H3,(H,11,15). The molecule has 1 aromatic rings. The van der Waals surface area contributed by atoms with Crippen molar-refractivity contribution in [2.75, 3.05) is 13.2 Å². The smallest absolute Gasteiger partial charge is 0.269 e. The van der Waals surface area contributed by atoms with Gasteiger partial charge in [-0.3, -0.25) is 9.48 Å². The molecule has 0 fully saturated rings. The third-order valence-electron chi connectivity index (χ3n) is 2.21. The second kappa shape index (κ2) is 4.44. The highest BCUT2D eigenvalue weighted by Gasteiger charge is 2.18. The van der Waals surface area contributed by atoms with Crippen LogP contribution in [-0.4, -0.2) is 33.9 Å². The lowest BCUT2D eigenvalue weighted by Gasteiger charge is -2.21. The molecule has 5 nitrogen and oxygen atoms in total. The first-order chi connectivity index (χ1) is 6.96. The lowest BCUT2D eigenvalue weighted by atomic mass is 9.95. The average Bonchev–Trinajstić information content (AvgIpc) is 2.61. The second-order valence-electron chi connectivity index (χ2n) is 4.35. The predicted octanol–water partition coefficient (Wildman–Crippen LogP) is 0.168. The summed E-state index contributed by atoms with van der Waals surface area (Å²) in [6.07, 6.45) is 1.58. The molecule has 0 aromatic carbocycles. The van der Waals surface area contributed by atoms with Crippen molar-refractivity contribution >= 4 is 5.91 Å². The van der Waals surface area contributed by atoms with Gasteiger partial charge in [0.05, 0.1) is 0 Å². The zero-order valence-corrected chi connectivity index (χ0v) is 9.32. The third kappa shape index (κ3) is 3.06. The van der Waals surface area contributed by atoms with Crippen LogP contribution in [0.3, 0.4) is 0 Å². The number of aliphatic hydroxyl groups is 1. The Morgan fingerprint density at radius 1 is 1.67 bits per heavy atom. The normalized spacial score (nSPS) is 11.5. The minimum atomic E-state index is -0.297. The van der Waals surface area contributed by atoms with E-state index in [2.05, 4.69) is 10.4 Å². The van der Waals surface area contributed by atoms with Gasteiger partial charge in [0.25, 0.3) is 5.91 Å². The molecule has 1 heterocycles. The first-order valence-electron chi connectivity index (χ1n) is 4.83. The van der Waals surface area contributed by atoms with Gasteiger partial charge >= 0.3 is 0 Å². The molecule has 0 aliphatic heterocycles. The highest BCUT2D eigenvalue weighted by molar-refractivity contribution is 5.92. The summed E-state index contributed by atoms with van der Waals surface area (Å²) >= 11 is 0. The van der Waals surface area contributed by atoms with E-state index in [0.717, 1.165) is 0 Å². The fourth-order valence-electron chi connectivity index (χ4n) is 1.06. The fourth-order valence-corrected chi connectivity index (χ4v) is 1.06. The van der Waals surface area contributed by atoms with Crippen LogP contribution in [0.2, 0.25) is 0 Å². The number of amides is 1. The summed E-state index contributed by atoms with van der Waals surface area (Å²) < 4.78 is 1.52. The van der Waals surface area contributed by atoms with Crippen LogP contribution in [0.4, 0.5) is 0 Å². The molecule has 0 bridgehead atoms. The van der Waals surface area contributed by atoms with E-state index in [1.54, 1.807) is 19.3 Å². The zero-order valence-electron chi connectivity index (χ0n) is 9.32. The molecule has 0 aliphatic carbocycles. The van der Waals surface area contributed by atoms with Crippen LogP contribution in [0, 0.1) is 5.41 Å². The van der Waals surface area contributed by atoms with Gasteiger partial charge in [-0.2, -0.15) is 5.10 Å². The Hall–Kier alpha value is -1.36. The Balaban J connectivity index is 2.55. The highest BCUT2D eigenvalue weighted by atomic mass is 16.3. The maximum atomic E-state index is 11.6. The van der Waals surface area contributed by atoms with Crippen LogP contribution >= 0.6 is 0 Å². The number of hydrogen-bond donors (Lipinski definition) is 2. The van der Waals surface area contributed by atoms with E-state index in [-0.39, 0.29) is 17.9 Å². The summed E-state index contributed by atoms with van der Waals surface area (Å²) in [6, 6.07) is 1.65. The van der Waals surface area contributed by atoms with E-state index < -0.39 is 0 Å². The van der Waals surface area contributed by atoms with Crippen LogP contribution in [-0.2, 0) is 7.05 Å². The van der Waals surface area contributed by atoms with E-state index >= 15 is 0 Å². The van der Waals surface area contributed by atoms with Crippen LogP contribution < -0.4 is 5.32 Å². The van der Waals surface area contributed by atoms with E-state index in [0.29, 0.717) is 12.2 Å². The molecule has 1 rings (SSSR count). The molecule has 84 valence electrons. The Labute approximate surface area is 89.1 Å². The summed E-state index contributed by atoms with van der Waals surface area (Å²) in [5.41, 5.74) is 0.220. The van der Waals surface area contributed by atoms with E-state index in [4.69, 9.17) is 5.11 Å². The van der Waals surface area contributed by atoms with Crippen molar-refractivity contribution in [2.24, 2.45) is 12.5 Å². The Bertz CT molecular complexity index is 344. The number of rotatable bonds is 4. The van der Waals surface area contributed by atoms with Crippen molar-refractivity contribution in [1.29, 1.82) is 0 Å². The lowest BCUT2D eigenvalue weighted by Crippen LogP contribution is -2.36. The van der Waals surface area contributed by atoms with Gasteiger partial charge in [-0.05, 0) is 6.07 Å². The molecule has 15 heavy (non-hydrogen) atoms. The SMILES string of the molecule is Cn1nccc1C(=O)NCC(C)(C)CO. The molecule has 5 heteroatoms. The number of aryl methyl sites for hydroxylation is 1. The number of aliphatic hydroxyl groups excluding tert-OH is 1. The van der Waals surface area contributed by atoms with Gasteiger partial charge in [0.2, 0.25) is 0 Å². The van der Waals surface area contributed by atoms with Crippen LogP contribution in [0.25, 0.3) is 0 Å². The van der Waals surface area contributed by atoms with Gasteiger partial charge in [0.15, 0.2) is 0 Å². The number of aromatic nitrogens is 2. The summed E-state index contributed by atoms with van der Waals surface area (Å²) in [6.45, 7) is 4.25. The molecule has 1 aromatic heterocycles. The van der Waals surface area contributed by atoms with Gasteiger partial charge in [-0.15, -0.1) is 0 Å². The third-order valence-corrected chi connectivity index (χ3v) is 2.21. The number of carbonyl (C=O) groups excluding carboxylic acids is 1. The maximum absolute atomic E-state index is 11.6. The molecular formula is C10H17N3O2. The molecule has 0 radical (unpaired) electrons. The molecule has 2 N–H and O–H groups in total. The minimum absolute atomic E-state index is 0.0403. The van der Waals surface area contributed by atoms with Crippen molar-refractivity contribution in [1.82, 2.24) is 15.1 Å². The van der Waals surface area contributed by atoms with Crippen LogP contribution in [0.15, 0.2) is 12.3 Å². The first kappa shape index (κ1) is 11.7. The maximum Gasteiger partial charge on any atom is 0.269 e. The van der Waals surface area contributed by atoms with E-state index in [1.807, 2.05) is 13.8 Å². The molecular weight excluding hydrogens is 194 g/mol. The zero-order chi connectivity index (χ0) is 11.5. The minimum Gasteiger partial charge on any atom is -0.396 e. The highest BCUT2D eigenvalue weighted by Crippen LogP contribution is 2.11. The molecule has 1 amide bonds. The Kier molecular flexibility index (Phi) is 3.47. The lowest BCUT2D eigenvalue weighted by molar-refractivity contribution is 0.0902. The number of nitrogens with one attached hydrogen (secondary N) is 1. The Morgan fingerprint density at radius 2 is 2.33 bits per heavy atom. The first-order valence-corrected chi connectivity index (χ1v) is 4.83. The number of hydrogen-bond acceptors (Lipinski definition) is 3. The molecule has 0 saturated carbocycles. The predicted molar refractivity (Wildman–Crippen MR) is 56.4 cm³/mol. The quantitative estimate of drug-likeness (QED) is 0.746. The molecule has 0 atom stereocenters. The molecule has 0 saturated heterocycles. The summed E-state index contributed by atoms with van der Waals surface area (Å²) in [7, 11) is 1.71. The fraction of sp³-hybridized carbons (Fsp3) is 0.600. The molecule has 0 unspecified atom stereocenters. The topological polar surface area (TPSA) is 67.2 Å². The molecule has 0 spiro atoms. The average molecular weight is 211 g/mol. The monoisotopic (exact) mass is 211 g/mol. The van der Waals surface area contributed by atoms with Gasteiger partial charge in [0.1, 0.15) is 5.69 Å². The summed E-state index contributed by atoms with van der Waals surface area (Å²) in [4.78, 5) is 11.6. The summed E-state index contributed by atoms with van der Waals surface area (Å²) in [5.74, 6) is -0.170. The van der Waals surface area contributed by atoms with Crippen molar-refractivity contribution in [3.8, 4) is 0 Å². The van der Waals surface area contributed by atoms with Gasteiger partial charge in [-0.25, -0.2) is 0 Å².